The van der Waals surface area contributed by atoms with Crippen LogP contribution in [0.4, 0.5) is 5.82 Å². The van der Waals surface area contributed by atoms with E-state index in [1.807, 2.05) is 44.2 Å². The van der Waals surface area contributed by atoms with Crippen molar-refractivity contribution in [1.29, 1.82) is 0 Å². The van der Waals surface area contributed by atoms with Crippen LogP contribution < -0.4 is 10.6 Å². The van der Waals surface area contributed by atoms with E-state index in [-0.39, 0.29) is 17.7 Å². The second-order valence-corrected chi connectivity index (χ2v) is 7.11. The lowest BCUT2D eigenvalue weighted by atomic mass is 10.2. The van der Waals surface area contributed by atoms with Crippen LogP contribution in [0, 0.1) is 5.92 Å². The number of carbonyl (C=O) groups excluding carboxylic acids is 2. The first-order valence-electron chi connectivity index (χ1n) is 9.51. The number of likely N-dealkylation sites (tertiary alicyclic amines) is 1. The lowest BCUT2D eigenvalue weighted by Gasteiger charge is -2.14. The number of nitrogens with zero attached hydrogens (tertiary/aromatic N) is 3. The molecule has 0 unspecified atom stereocenters. The Morgan fingerprint density at radius 1 is 1.15 bits per heavy atom. The SMILES string of the molecule is CC(C)C(=O)Nc1cc(C(=O)NCCN2CCCC2)nn1-c1ccccc1. The molecule has 1 saturated heterocycles. The summed E-state index contributed by atoms with van der Waals surface area (Å²) in [6, 6.07) is 11.1. The summed E-state index contributed by atoms with van der Waals surface area (Å²) in [5, 5.41) is 10.2. The molecule has 0 saturated carbocycles. The van der Waals surface area contributed by atoms with Crippen LogP contribution in [0.5, 0.6) is 0 Å². The van der Waals surface area contributed by atoms with Crippen molar-refractivity contribution in [3.8, 4) is 5.69 Å². The lowest BCUT2D eigenvalue weighted by molar-refractivity contribution is -0.118. The summed E-state index contributed by atoms with van der Waals surface area (Å²) in [6.07, 6.45) is 2.46. The highest BCUT2D eigenvalue weighted by Crippen LogP contribution is 2.18. The molecule has 3 rings (SSSR count). The number of rotatable bonds is 7. The summed E-state index contributed by atoms with van der Waals surface area (Å²) in [5.41, 5.74) is 1.08. The number of amides is 2. The third-order valence-electron chi connectivity index (χ3n) is 4.63. The number of para-hydroxylation sites is 1. The predicted molar refractivity (Wildman–Crippen MR) is 105 cm³/mol. The number of anilines is 1. The Morgan fingerprint density at radius 3 is 2.52 bits per heavy atom. The van der Waals surface area contributed by atoms with Gasteiger partial charge in [-0.25, -0.2) is 4.68 Å². The van der Waals surface area contributed by atoms with E-state index in [2.05, 4.69) is 20.6 Å². The van der Waals surface area contributed by atoms with Gasteiger partial charge in [0.05, 0.1) is 5.69 Å². The second kappa shape index (κ2) is 8.81. The minimum atomic E-state index is -0.232. The molecule has 2 heterocycles. The average molecular weight is 369 g/mol. The zero-order chi connectivity index (χ0) is 19.2. The quantitative estimate of drug-likeness (QED) is 0.785. The highest BCUT2D eigenvalue weighted by atomic mass is 16.2. The van der Waals surface area contributed by atoms with E-state index in [9.17, 15) is 9.59 Å². The molecule has 2 amide bonds. The Balaban J connectivity index is 1.73. The normalized spacial score (nSPS) is 14.5. The van der Waals surface area contributed by atoms with E-state index in [4.69, 9.17) is 0 Å². The molecule has 1 aromatic carbocycles. The van der Waals surface area contributed by atoms with Gasteiger partial charge in [-0.2, -0.15) is 5.10 Å². The molecule has 0 atom stereocenters. The molecular weight excluding hydrogens is 342 g/mol. The van der Waals surface area contributed by atoms with Crippen LogP contribution in [-0.4, -0.2) is 52.7 Å². The number of nitrogens with one attached hydrogen (secondary N) is 2. The minimum Gasteiger partial charge on any atom is -0.349 e. The Bertz CT molecular complexity index is 779. The molecule has 0 spiro atoms. The van der Waals surface area contributed by atoms with Crippen LogP contribution in [-0.2, 0) is 4.79 Å². The van der Waals surface area contributed by atoms with Gasteiger partial charge in [-0.15, -0.1) is 0 Å². The first-order valence-corrected chi connectivity index (χ1v) is 9.51. The van der Waals surface area contributed by atoms with Crippen molar-refractivity contribution in [2.24, 2.45) is 5.92 Å². The molecule has 1 fully saturated rings. The molecule has 1 aromatic heterocycles. The van der Waals surface area contributed by atoms with Gasteiger partial charge in [0.15, 0.2) is 5.69 Å². The van der Waals surface area contributed by atoms with Gasteiger partial charge in [-0.1, -0.05) is 32.0 Å². The molecule has 0 bridgehead atoms. The Hall–Kier alpha value is -2.67. The van der Waals surface area contributed by atoms with Crippen LogP contribution in [0.2, 0.25) is 0 Å². The van der Waals surface area contributed by atoms with Gasteiger partial charge in [0, 0.05) is 25.1 Å². The van der Waals surface area contributed by atoms with Gasteiger partial charge in [0.2, 0.25) is 5.91 Å². The summed E-state index contributed by atoms with van der Waals surface area (Å²) in [4.78, 5) is 27.0. The minimum absolute atomic E-state index is 0.118. The van der Waals surface area contributed by atoms with E-state index >= 15 is 0 Å². The van der Waals surface area contributed by atoms with E-state index in [0.29, 0.717) is 18.1 Å². The van der Waals surface area contributed by atoms with Crippen molar-refractivity contribution in [2.75, 3.05) is 31.5 Å². The highest BCUT2D eigenvalue weighted by Gasteiger charge is 2.18. The fourth-order valence-electron chi connectivity index (χ4n) is 3.04. The fourth-order valence-corrected chi connectivity index (χ4v) is 3.04. The molecule has 27 heavy (non-hydrogen) atoms. The Labute approximate surface area is 159 Å². The average Bonchev–Trinajstić information content (AvgIpc) is 3.32. The fraction of sp³-hybridized carbons (Fsp3) is 0.450. The van der Waals surface area contributed by atoms with Gasteiger partial charge < -0.3 is 15.5 Å². The largest absolute Gasteiger partial charge is 0.349 e. The van der Waals surface area contributed by atoms with Crippen LogP contribution in [0.1, 0.15) is 37.2 Å². The van der Waals surface area contributed by atoms with E-state index in [1.165, 1.54) is 12.8 Å². The van der Waals surface area contributed by atoms with Crippen molar-refractivity contribution in [2.45, 2.75) is 26.7 Å². The lowest BCUT2D eigenvalue weighted by Crippen LogP contribution is -2.33. The maximum absolute atomic E-state index is 12.5. The smallest absolute Gasteiger partial charge is 0.271 e. The number of benzene rings is 1. The zero-order valence-corrected chi connectivity index (χ0v) is 15.9. The molecule has 2 aromatic rings. The maximum Gasteiger partial charge on any atom is 0.271 e. The third kappa shape index (κ3) is 4.95. The summed E-state index contributed by atoms with van der Waals surface area (Å²) in [6.45, 7) is 7.29. The Kier molecular flexibility index (Phi) is 6.24. The number of hydrogen-bond donors (Lipinski definition) is 2. The predicted octanol–water partition coefficient (Wildman–Crippen LogP) is 2.29. The zero-order valence-electron chi connectivity index (χ0n) is 15.9. The summed E-state index contributed by atoms with van der Waals surface area (Å²) in [5.74, 6) is -0.0246. The van der Waals surface area contributed by atoms with Crippen molar-refractivity contribution in [3.05, 3.63) is 42.1 Å². The topological polar surface area (TPSA) is 79.3 Å². The number of carbonyl (C=O) groups is 2. The first kappa shape index (κ1) is 19.1. The maximum atomic E-state index is 12.5. The van der Waals surface area contributed by atoms with E-state index in [0.717, 1.165) is 25.3 Å². The van der Waals surface area contributed by atoms with Gasteiger partial charge in [-0.3, -0.25) is 9.59 Å². The molecule has 1 aliphatic rings. The third-order valence-corrected chi connectivity index (χ3v) is 4.63. The van der Waals surface area contributed by atoms with Crippen LogP contribution in [0.3, 0.4) is 0 Å². The van der Waals surface area contributed by atoms with E-state index in [1.54, 1.807) is 10.7 Å². The molecule has 7 nitrogen and oxygen atoms in total. The van der Waals surface area contributed by atoms with Crippen molar-refractivity contribution < 1.29 is 9.59 Å². The number of aromatic nitrogens is 2. The van der Waals surface area contributed by atoms with Crippen LogP contribution in [0.25, 0.3) is 5.69 Å². The van der Waals surface area contributed by atoms with Crippen LogP contribution >= 0.6 is 0 Å². The van der Waals surface area contributed by atoms with Gasteiger partial charge in [0.25, 0.3) is 5.91 Å². The monoisotopic (exact) mass is 369 g/mol. The molecular formula is C20H27N5O2. The van der Waals surface area contributed by atoms with Gasteiger partial charge >= 0.3 is 0 Å². The molecule has 1 aliphatic heterocycles. The van der Waals surface area contributed by atoms with Crippen LogP contribution in [0.15, 0.2) is 36.4 Å². The second-order valence-electron chi connectivity index (χ2n) is 7.11. The summed E-state index contributed by atoms with van der Waals surface area (Å²) >= 11 is 0. The number of hydrogen-bond acceptors (Lipinski definition) is 4. The van der Waals surface area contributed by atoms with Gasteiger partial charge in [0.1, 0.15) is 5.82 Å². The van der Waals surface area contributed by atoms with Crippen molar-refractivity contribution in [3.63, 3.8) is 0 Å². The van der Waals surface area contributed by atoms with Gasteiger partial charge in [-0.05, 0) is 38.1 Å². The Morgan fingerprint density at radius 2 is 1.85 bits per heavy atom. The molecule has 144 valence electrons. The first-order chi connectivity index (χ1) is 13.0. The van der Waals surface area contributed by atoms with Crippen molar-refractivity contribution >= 4 is 17.6 Å². The standard InChI is InChI=1S/C20H27N5O2/c1-15(2)19(26)22-18-14-17(23-25(18)16-8-4-3-5-9-16)20(27)21-10-13-24-11-6-7-12-24/h3-5,8-9,14-15H,6-7,10-13H2,1-2H3,(H,21,27)(H,22,26). The summed E-state index contributed by atoms with van der Waals surface area (Å²) in [7, 11) is 0. The van der Waals surface area contributed by atoms with E-state index < -0.39 is 0 Å². The van der Waals surface area contributed by atoms with Crippen molar-refractivity contribution in [1.82, 2.24) is 20.0 Å². The molecule has 0 radical (unpaired) electrons. The highest BCUT2D eigenvalue weighted by molar-refractivity contribution is 5.96. The summed E-state index contributed by atoms with van der Waals surface area (Å²) < 4.78 is 1.59. The molecule has 0 aliphatic carbocycles. The molecule has 2 N–H and O–H groups in total. The molecule has 7 heteroatoms.